The van der Waals surface area contributed by atoms with Crippen LogP contribution in [0, 0.1) is 5.92 Å². The Labute approximate surface area is 116 Å². The second kappa shape index (κ2) is 4.56. The summed E-state index contributed by atoms with van der Waals surface area (Å²) in [6.07, 6.45) is 1.18. The van der Waals surface area contributed by atoms with Gasteiger partial charge in [0, 0.05) is 19.1 Å². The molecular formula is C14H17N5O. The van der Waals surface area contributed by atoms with Gasteiger partial charge < -0.3 is 10.2 Å². The molecule has 104 valence electrons. The molecule has 2 aromatic rings. The van der Waals surface area contributed by atoms with Gasteiger partial charge in [0.05, 0.1) is 0 Å². The van der Waals surface area contributed by atoms with Gasteiger partial charge in [-0.1, -0.05) is 12.1 Å². The van der Waals surface area contributed by atoms with Crippen LogP contribution in [0.3, 0.4) is 0 Å². The van der Waals surface area contributed by atoms with Gasteiger partial charge in [-0.3, -0.25) is 4.79 Å². The molecule has 20 heavy (non-hydrogen) atoms. The van der Waals surface area contributed by atoms with E-state index >= 15 is 0 Å². The largest absolute Gasteiger partial charge is 0.339 e. The van der Waals surface area contributed by atoms with E-state index in [2.05, 4.69) is 15.5 Å². The Hall–Kier alpha value is -1.95. The van der Waals surface area contributed by atoms with Crippen molar-refractivity contribution in [1.82, 2.24) is 25.2 Å². The summed E-state index contributed by atoms with van der Waals surface area (Å²) in [5.41, 5.74) is 1.67. The van der Waals surface area contributed by atoms with Crippen LogP contribution in [0.4, 0.5) is 0 Å². The number of benzene rings is 1. The summed E-state index contributed by atoms with van der Waals surface area (Å²) in [6, 6.07) is 8.16. The van der Waals surface area contributed by atoms with E-state index in [0.717, 1.165) is 30.7 Å². The van der Waals surface area contributed by atoms with E-state index in [1.54, 1.807) is 0 Å². The van der Waals surface area contributed by atoms with Crippen LogP contribution in [0.15, 0.2) is 24.3 Å². The van der Waals surface area contributed by atoms with E-state index in [1.807, 2.05) is 29.2 Å². The third kappa shape index (κ3) is 1.96. The molecule has 1 aromatic heterocycles. The fraction of sp³-hybridized carbons (Fsp3) is 0.500. The summed E-state index contributed by atoms with van der Waals surface area (Å²) in [5, 5.41) is 12.1. The van der Waals surface area contributed by atoms with Crippen molar-refractivity contribution in [3.05, 3.63) is 24.3 Å². The van der Waals surface area contributed by atoms with Crippen LogP contribution in [0.2, 0.25) is 0 Å². The van der Waals surface area contributed by atoms with E-state index < -0.39 is 0 Å². The molecule has 0 aliphatic carbocycles. The zero-order valence-corrected chi connectivity index (χ0v) is 11.2. The molecular weight excluding hydrogens is 254 g/mol. The third-order valence-corrected chi connectivity index (χ3v) is 4.32. The Bertz CT molecular complexity index is 607. The Morgan fingerprint density at radius 3 is 2.70 bits per heavy atom. The van der Waals surface area contributed by atoms with Crippen molar-refractivity contribution in [1.29, 1.82) is 0 Å². The predicted octanol–water partition coefficient (Wildman–Crippen LogP) is 0.252. The summed E-state index contributed by atoms with van der Waals surface area (Å²) >= 11 is 0. The summed E-state index contributed by atoms with van der Waals surface area (Å²) in [5.74, 6) is 0.741. The zero-order chi connectivity index (χ0) is 13.5. The summed E-state index contributed by atoms with van der Waals surface area (Å²) < 4.78 is 0. The molecule has 4 rings (SSSR count). The molecule has 0 saturated carbocycles. The number of nitrogens with zero attached hydrogens (tertiary/aromatic N) is 4. The molecule has 2 aliphatic heterocycles. The lowest BCUT2D eigenvalue weighted by molar-refractivity contribution is -0.131. The van der Waals surface area contributed by atoms with Gasteiger partial charge in [-0.2, -0.15) is 15.0 Å². The number of fused-ring (bicyclic) bond motifs is 2. The fourth-order valence-corrected chi connectivity index (χ4v) is 3.25. The Kier molecular flexibility index (Phi) is 2.70. The van der Waals surface area contributed by atoms with Gasteiger partial charge in [0.1, 0.15) is 17.6 Å². The minimum absolute atomic E-state index is 0.113. The lowest BCUT2D eigenvalue weighted by Crippen LogP contribution is -2.36. The zero-order valence-electron chi connectivity index (χ0n) is 11.2. The predicted molar refractivity (Wildman–Crippen MR) is 74.0 cm³/mol. The number of carbonyl (C=O) groups excluding carboxylic acids is 1. The molecule has 1 aromatic carbocycles. The molecule has 2 fully saturated rings. The van der Waals surface area contributed by atoms with Gasteiger partial charge in [-0.05, 0) is 31.0 Å². The van der Waals surface area contributed by atoms with E-state index in [-0.39, 0.29) is 12.5 Å². The first kappa shape index (κ1) is 11.8. The molecule has 0 unspecified atom stereocenters. The fourth-order valence-electron chi connectivity index (χ4n) is 3.25. The minimum atomic E-state index is 0.113. The van der Waals surface area contributed by atoms with E-state index in [4.69, 9.17) is 0 Å². The summed E-state index contributed by atoms with van der Waals surface area (Å²) in [4.78, 5) is 15.8. The SMILES string of the molecule is O=C(Cn1nc2ccccc2n1)N1C[C@@H]2CCN[C@@H]2C1. The second-order valence-corrected chi connectivity index (χ2v) is 5.63. The number of rotatable bonds is 2. The maximum Gasteiger partial charge on any atom is 0.246 e. The molecule has 0 spiro atoms. The van der Waals surface area contributed by atoms with Crippen molar-refractivity contribution >= 4 is 16.9 Å². The van der Waals surface area contributed by atoms with Gasteiger partial charge in [-0.15, -0.1) is 0 Å². The van der Waals surface area contributed by atoms with Gasteiger partial charge >= 0.3 is 0 Å². The molecule has 0 radical (unpaired) electrons. The Balaban J connectivity index is 1.47. The number of aromatic nitrogens is 3. The van der Waals surface area contributed by atoms with Crippen molar-refractivity contribution < 1.29 is 4.79 Å². The van der Waals surface area contributed by atoms with Crippen LogP contribution in [-0.2, 0) is 11.3 Å². The first-order chi connectivity index (χ1) is 9.79. The van der Waals surface area contributed by atoms with Crippen LogP contribution >= 0.6 is 0 Å². The topological polar surface area (TPSA) is 63.1 Å². The number of amides is 1. The Morgan fingerprint density at radius 2 is 2.00 bits per heavy atom. The second-order valence-electron chi connectivity index (χ2n) is 5.63. The van der Waals surface area contributed by atoms with Crippen molar-refractivity contribution in [2.24, 2.45) is 5.92 Å². The van der Waals surface area contributed by atoms with Crippen molar-refractivity contribution in [2.45, 2.75) is 19.0 Å². The number of hydrogen-bond acceptors (Lipinski definition) is 4. The third-order valence-electron chi connectivity index (χ3n) is 4.32. The van der Waals surface area contributed by atoms with E-state index in [1.165, 1.54) is 11.2 Å². The minimum Gasteiger partial charge on any atom is -0.339 e. The van der Waals surface area contributed by atoms with Crippen LogP contribution < -0.4 is 5.32 Å². The van der Waals surface area contributed by atoms with Crippen molar-refractivity contribution in [3.63, 3.8) is 0 Å². The molecule has 0 bridgehead atoms. The lowest BCUT2D eigenvalue weighted by Gasteiger charge is -2.16. The highest BCUT2D eigenvalue weighted by molar-refractivity contribution is 5.77. The maximum atomic E-state index is 12.3. The quantitative estimate of drug-likeness (QED) is 0.850. The van der Waals surface area contributed by atoms with Crippen LogP contribution in [-0.4, -0.2) is 51.5 Å². The van der Waals surface area contributed by atoms with Crippen LogP contribution in [0.25, 0.3) is 11.0 Å². The summed E-state index contributed by atoms with van der Waals surface area (Å²) in [6.45, 7) is 3.01. The average Bonchev–Trinajstić information content (AvgIpc) is 3.11. The molecule has 1 amide bonds. The first-order valence-corrected chi connectivity index (χ1v) is 7.10. The van der Waals surface area contributed by atoms with Gasteiger partial charge in [-0.25, -0.2) is 0 Å². The molecule has 1 N–H and O–H groups in total. The maximum absolute atomic E-state index is 12.3. The lowest BCUT2D eigenvalue weighted by atomic mass is 10.1. The Morgan fingerprint density at radius 1 is 1.25 bits per heavy atom. The van der Waals surface area contributed by atoms with Crippen molar-refractivity contribution in [3.8, 4) is 0 Å². The average molecular weight is 271 g/mol. The van der Waals surface area contributed by atoms with Gasteiger partial charge in [0.2, 0.25) is 5.91 Å². The highest BCUT2D eigenvalue weighted by atomic mass is 16.2. The van der Waals surface area contributed by atoms with Crippen LogP contribution in [0.5, 0.6) is 0 Å². The van der Waals surface area contributed by atoms with E-state index in [0.29, 0.717) is 12.0 Å². The molecule has 2 saturated heterocycles. The molecule has 3 heterocycles. The normalized spacial score (nSPS) is 25.3. The highest BCUT2D eigenvalue weighted by Crippen LogP contribution is 2.24. The molecule has 2 atom stereocenters. The number of likely N-dealkylation sites (tertiary alicyclic amines) is 1. The number of nitrogens with one attached hydrogen (secondary N) is 1. The standard InChI is InChI=1S/C14H17N5O/c20-14(18-7-10-5-6-15-13(10)8-18)9-19-16-11-3-1-2-4-12(11)17-19/h1-4,10,13,15H,5-9H2/t10-,13+/m0/s1. The summed E-state index contributed by atoms with van der Waals surface area (Å²) in [7, 11) is 0. The van der Waals surface area contributed by atoms with Gasteiger partial charge in [0.25, 0.3) is 0 Å². The van der Waals surface area contributed by atoms with Gasteiger partial charge in [0.15, 0.2) is 0 Å². The molecule has 2 aliphatic rings. The molecule has 6 nitrogen and oxygen atoms in total. The first-order valence-electron chi connectivity index (χ1n) is 7.10. The van der Waals surface area contributed by atoms with E-state index in [9.17, 15) is 4.79 Å². The smallest absolute Gasteiger partial charge is 0.246 e. The monoisotopic (exact) mass is 271 g/mol. The molecule has 6 heteroatoms. The number of hydrogen-bond donors (Lipinski definition) is 1. The van der Waals surface area contributed by atoms with Crippen molar-refractivity contribution in [2.75, 3.05) is 19.6 Å². The van der Waals surface area contributed by atoms with Crippen LogP contribution in [0.1, 0.15) is 6.42 Å². The number of carbonyl (C=O) groups is 1. The highest BCUT2D eigenvalue weighted by Gasteiger charge is 2.37.